The molecule has 0 saturated carbocycles. The molecule has 0 radical (unpaired) electrons. The SMILES string of the molecule is O=C1CN(c2cc(C(F)(F)F)ccc2Br)C(=O)N1. The fourth-order valence-corrected chi connectivity index (χ4v) is 1.99. The predicted octanol–water partition coefficient (Wildman–Crippen LogP) is 2.52. The van der Waals surface area contributed by atoms with Gasteiger partial charge < -0.3 is 0 Å². The van der Waals surface area contributed by atoms with E-state index in [-0.39, 0.29) is 12.2 Å². The van der Waals surface area contributed by atoms with Crippen molar-refractivity contribution in [2.75, 3.05) is 11.4 Å². The molecule has 0 unspecified atom stereocenters. The second kappa shape index (κ2) is 4.27. The third-order valence-corrected chi connectivity index (χ3v) is 3.03. The average Bonchev–Trinajstić information content (AvgIpc) is 2.56. The molecule has 1 fully saturated rings. The summed E-state index contributed by atoms with van der Waals surface area (Å²) in [6.45, 7) is -0.293. The Morgan fingerprint density at radius 2 is 1.94 bits per heavy atom. The number of nitrogens with zero attached hydrogens (tertiary/aromatic N) is 1. The molecule has 8 heteroatoms. The lowest BCUT2D eigenvalue weighted by Gasteiger charge is -2.17. The summed E-state index contributed by atoms with van der Waals surface area (Å²) in [5.74, 6) is -0.552. The van der Waals surface area contributed by atoms with Crippen molar-refractivity contribution in [2.45, 2.75) is 6.18 Å². The fraction of sp³-hybridized carbons (Fsp3) is 0.200. The molecule has 96 valence electrons. The van der Waals surface area contributed by atoms with Gasteiger partial charge in [-0.1, -0.05) is 0 Å². The van der Waals surface area contributed by atoms with Gasteiger partial charge in [0.05, 0.1) is 11.3 Å². The normalized spacial score (nSPS) is 16.1. The number of benzene rings is 1. The van der Waals surface area contributed by atoms with Gasteiger partial charge in [-0.25, -0.2) is 4.79 Å². The highest BCUT2D eigenvalue weighted by atomic mass is 79.9. The fourth-order valence-electron chi connectivity index (χ4n) is 1.53. The molecule has 0 spiro atoms. The molecule has 1 saturated heterocycles. The van der Waals surface area contributed by atoms with E-state index in [9.17, 15) is 22.8 Å². The quantitative estimate of drug-likeness (QED) is 0.808. The number of carbonyl (C=O) groups is 2. The third kappa shape index (κ3) is 2.33. The van der Waals surface area contributed by atoms with Gasteiger partial charge in [0.15, 0.2) is 0 Å². The maximum Gasteiger partial charge on any atom is 0.416 e. The Kier molecular flexibility index (Phi) is 3.05. The number of carbonyl (C=O) groups excluding carboxylic acids is 2. The Morgan fingerprint density at radius 3 is 2.44 bits per heavy atom. The molecule has 0 aliphatic carbocycles. The van der Waals surface area contributed by atoms with Crippen LogP contribution in [0.3, 0.4) is 0 Å². The highest BCUT2D eigenvalue weighted by Crippen LogP contribution is 2.35. The number of hydrogen-bond donors (Lipinski definition) is 1. The number of urea groups is 1. The molecule has 4 nitrogen and oxygen atoms in total. The Hall–Kier alpha value is -1.57. The van der Waals surface area contributed by atoms with Gasteiger partial charge in [0, 0.05) is 4.47 Å². The second-order valence-corrected chi connectivity index (χ2v) is 4.46. The van der Waals surface area contributed by atoms with E-state index in [0.29, 0.717) is 4.47 Å². The van der Waals surface area contributed by atoms with Gasteiger partial charge in [-0.3, -0.25) is 15.0 Å². The van der Waals surface area contributed by atoms with Gasteiger partial charge in [0.1, 0.15) is 6.54 Å². The Labute approximate surface area is 108 Å². The Balaban J connectivity index is 2.44. The van der Waals surface area contributed by atoms with Crippen LogP contribution in [0.4, 0.5) is 23.7 Å². The van der Waals surface area contributed by atoms with Crippen LogP contribution >= 0.6 is 15.9 Å². The van der Waals surface area contributed by atoms with E-state index >= 15 is 0 Å². The average molecular weight is 323 g/mol. The van der Waals surface area contributed by atoms with E-state index in [1.807, 2.05) is 5.32 Å². The number of anilines is 1. The Bertz CT molecular complexity index is 530. The van der Waals surface area contributed by atoms with E-state index in [1.165, 1.54) is 6.07 Å². The first-order chi connectivity index (χ1) is 8.29. The summed E-state index contributed by atoms with van der Waals surface area (Å²) in [6, 6.07) is 2.17. The number of rotatable bonds is 1. The topological polar surface area (TPSA) is 49.4 Å². The molecule has 0 bridgehead atoms. The molecule has 0 atom stereocenters. The molecular weight excluding hydrogens is 317 g/mol. The molecule has 3 amide bonds. The second-order valence-electron chi connectivity index (χ2n) is 3.60. The first kappa shape index (κ1) is 12.9. The zero-order chi connectivity index (χ0) is 13.5. The smallest absolute Gasteiger partial charge is 0.284 e. The van der Waals surface area contributed by atoms with Crippen LogP contribution in [0, 0.1) is 0 Å². The number of nitrogens with one attached hydrogen (secondary N) is 1. The summed E-state index contributed by atoms with van der Waals surface area (Å²) < 4.78 is 38.0. The lowest BCUT2D eigenvalue weighted by Crippen LogP contribution is -2.28. The summed E-state index contributed by atoms with van der Waals surface area (Å²) >= 11 is 3.05. The van der Waals surface area contributed by atoms with Crippen LogP contribution in [-0.4, -0.2) is 18.5 Å². The van der Waals surface area contributed by atoms with Crippen molar-refractivity contribution in [3.8, 4) is 0 Å². The minimum absolute atomic E-state index is 0.00757. The summed E-state index contributed by atoms with van der Waals surface area (Å²) in [7, 11) is 0. The third-order valence-electron chi connectivity index (χ3n) is 2.36. The van der Waals surface area contributed by atoms with Crippen molar-refractivity contribution in [1.82, 2.24) is 5.32 Å². The predicted molar refractivity (Wildman–Crippen MR) is 60.0 cm³/mol. The molecule has 18 heavy (non-hydrogen) atoms. The van der Waals surface area contributed by atoms with Crippen molar-refractivity contribution in [3.63, 3.8) is 0 Å². The summed E-state index contributed by atoms with van der Waals surface area (Å²) in [6.07, 6.45) is -4.50. The van der Waals surface area contributed by atoms with Crippen molar-refractivity contribution in [1.29, 1.82) is 0 Å². The molecule has 1 aliphatic heterocycles. The van der Waals surface area contributed by atoms with Crippen LogP contribution in [0.25, 0.3) is 0 Å². The molecular formula is C10H6BrF3N2O2. The van der Waals surface area contributed by atoms with Gasteiger partial charge >= 0.3 is 12.2 Å². The summed E-state index contributed by atoms with van der Waals surface area (Å²) in [5.41, 5.74) is -0.874. The Morgan fingerprint density at radius 1 is 1.28 bits per heavy atom. The zero-order valence-corrected chi connectivity index (χ0v) is 10.3. The number of halogens is 4. The van der Waals surface area contributed by atoms with Gasteiger partial charge in [-0.2, -0.15) is 13.2 Å². The van der Waals surface area contributed by atoms with E-state index in [4.69, 9.17) is 0 Å². The minimum Gasteiger partial charge on any atom is -0.284 e. The maximum atomic E-state index is 12.6. The minimum atomic E-state index is -4.50. The molecule has 1 aromatic carbocycles. The van der Waals surface area contributed by atoms with Crippen molar-refractivity contribution in [3.05, 3.63) is 28.2 Å². The molecule has 1 heterocycles. The van der Waals surface area contributed by atoms with Gasteiger partial charge in [0.2, 0.25) is 5.91 Å². The number of amides is 3. The van der Waals surface area contributed by atoms with Gasteiger partial charge in [-0.15, -0.1) is 0 Å². The number of hydrogen-bond acceptors (Lipinski definition) is 2. The van der Waals surface area contributed by atoms with Crippen molar-refractivity contribution < 1.29 is 22.8 Å². The van der Waals surface area contributed by atoms with Crippen molar-refractivity contribution >= 4 is 33.6 Å². The number of imide groups is 1. The summed E-state index contributed by atoms with van der Waals surface area (Å²) in [5, 5.41) is 2.00. The van der Waals surface area contributed by atoms with Crippen LogP contribution in [-0.2, 0) is 11.0 Å². The highest BCUT2D eigenvalue weighted by molar-refractivity contribution is 9.10. The standard InChI is InChI=1S/C10H6BrF3N2O2/c11-6-2-1-5(10(12,13)14)3-7(6)16-4-8(17)15-9(16)18/h1-3H,4H2,(H,15,17,18). The lowest BCUT2D eigenvalue weighted by atomic mass is 10.2. The van der Waals surface area contributed by atoms with Gasteiger partial charge in [0.25, 0.3) is 0 Å². The molecule has 1 N–H and O–H groups in total. The highest BCUT2D eigenvalue weighted by Gasteiger charge is 2.34. The van der Waals surface area contributed by atoms with Gasteiger partial charge in [-0.05, 0) is 34.1 Å². The largest absolute Gasteiger partial charge is 0.416 e. The van der Waals surface area contributed by atoms with Crippen LogP contribution in [0.1, 0.15) is 5.56 Å². The van der Waals surface area contributed by atoms with E-state index in [2.05, 4.69) is 15.9 Å². The van der Waals surface area contributed by atoms with E-state index in [1.54, 1.807) is 0 Å². The first-order valence-electron chi connectivity index (χ1n) is 4.77. The number of alkyl halides is 3. The maximum absolute atomic E-state index is 12.6. The van der Waals surface area contributed by atoms with E-state index in [0.717, 1.165) is 17.0 Å². The van der Waals surface area contributed by atoms with Crippen LogP contribution in [0.2, 0.25) is 0 Å². The molecule has 2 rings (SSSR count). The summed E-state index contributed by atoms with van der Waals surface area (Å²) in [4.78, 5) is 23.4. The van der Waals surface area contributed by atoms with Crippen LogP contribution < -0.4 is 10.2 Å². The molecule has 1 aliphatic rings. The van der Waals surface area contributed by atoms with E-state index < -0.39 is 23.7 Å². The first-order valence-corrected chi connectivity index (χ1v) is 5.56. The van der Waals surface area contributed by atoms with Crippen molar-refractivity contribution in [2.24, 2.45) is 0 Å². The molecule has 1 aromatic rings. The van der Waals surface area contributed by atoms with Crippen LogP contribution in [0.15, 0.2) is 22.7 Å². The zero-order valence-electron chi connectivity index (χ0n) is 8.71. The van der Waals surface area contributed by atoms with Crippen LogP contribution in [0.5, 0.6) is 0 Å². The monoisotopic (exact) mass is 322 g/mol. The molecule has 0 aromatic heterocycles. The lowest BCUT2D eigenvalue weighted by molar-refractivity contribution is -0.137.